The van der Waals surface area contributed by atoms with Gasteiger partial charge in [0.2, 0.25) is 0 Å². The molecule has 0 aliphatic carbocycles. The predicted molar refractivity (Wildman–Crippen MR) is 69.2 cm³/mol. The summed E-state index contributed by atoms with van der Waals surface area (Å²) >= 11 is 3.30. The van der Waals surface area contributed by atoms with Crippen LogP contribution in [0.2, 0.25) is 0 Å². The van der Waals surface area contributed by atoms with Gasteiger partial charge in [-0.15, -0.1) is 0 Å². The van der Waals surface area contributed by atoms with Gasteiger partial charge in [-0.3, -0.25) is 4.79 Å². The molecule has 0 atom stereocenters. The third kappa shape index (κ3) is 2.91. The van der Waals surface area contributed by atoms with E-state index in [-0.39, 0.29) is 5.82 Å². The van der Waals surface area contributed by atoms with Gasteiger partial charge in [-0.1, -0.05) is 15.9 Å². The fourth-order valence-electron chi connectivity index (χ4n) is 1.43. The van der Waals surface area contributed by atoms with Crippen LogP contribution in [-0.2, 0) is 0 Å². The second-order valence-electron chi connectivity index (χ2n) is 3.48. The van der Waals surface area contributed by atoms with E-state index in [0.717, 1.165) is 16.4 Å². The van der Waals surface area contributed by atoms with Crippen LogP contribution in [0.3, 0.4) is 0 Å². The molecule has 2 rings (SSSR count). The molecule has 0 aliphatic heterocycles. The molecular formula is C13H9BrFNO. The fourth-order valence-corrected chi connectivity index (χ4v) is 1.81. The van der Waals surface area contributed by atoms with Gasteiger partial charge in [-0.25, -0.2) is 4.39 Å². The van der Waals surface area contributed by atoms with Gasteiger partial charge < -0.3 is 5.32 Å². The van der Waals surface area contributed by atoms with Gasteiger partial charge >= 0.3 is 0 Å². The predicted octanol–water partition coefficient (Wildman–Crippen LogP) is 4.14. The van der Waals surface area contributed by atoms with E-state index in [4.69, 9.17) is 0 Å². The summed E-state index contributed by atoms with van der Waals surface area (Å²) in [6, 6.07) is 11.3. The molecule has 2 nitrogen and oxygen atoms in total. The molecule has 0 aliphatic rings. The zero-order chi connectivity index (χ0) is 12.3. The lowest BCUT2D eigenvalue weighted by atomic mass is 10.2. The van der Waals surface area contributed by atoms with Gasteiger partial charge in [0.1, 0.15) is 5.82 Å². The standard InChI is InChI=1S/C13H9BrFNO/c14-10-1-6-13(9(7-10)8-17)16-12-4-2-11(15)3-5-12/h1-8,16H. The van der Waals surface area contributed by atoms with Crippen molar-refractivity contribution >= 4 is 33.6 Å². The summed E-state index contributed by atoms with van der Waals surface area (Å²) < 4.78 is 13.6. The molecular weight excluding hydrogens is 285 g/mol. The van der Waals surface area contributed by atoms with E-state index in [9.17, 15) is 9.18 Å². The Labute approximate surface area is 107 Å². The van der Waals surface area contributed by atoms with Crippen molar-refractivity contribution in [1.29, 1.82) is 0 Å². The Morgan fingerprint density at radius 1 is 1.12 bits per heavy atom. The van der Waals surface area contributed by atoms with Crippen molar-refractivity contribution in [1.82, 2.24) is 0 Å². The van der Waals surface area contributed by atoms with Crippen molar-refractivity contribution in [2.75, 3.05) is 5.32 Å². The van der Waals surface area contributed by atoms with Gasteiger partial charge in [0.25, 0.3) is 0 Å². The van der Waals surface area contributed by atoms with E-state index in [0.29, 0.717) is 11.3 Å². The molecule has 0 radical (unpaired) electrons. The van der Waals surface area contributed by atoms with Gasteiger partial charge in [0.15, 0.2) is 6.29 Å². The quantitative estimate of drug-likeness (QED) is 0.862. The van der Waals surface area contributed by atoms with E-state index >= 15 is 0 Å². The number of anilines is 2. The summed E-state index contributed by atoms with van der Waals surface area (Å²) in [7, 11) is 0. The third-order valence-electron chi connectivity index (χ3n) is 2.26. The lowest BCUT2D eigenvalue weighted by molar-refractivity contribution is 0.112. The van der Waals surface area contributed by atoms with Gasteiger partial charge in [0.05, 0.1) is 0 Å². The number of benzene rings is 2. The fraction of sp³-hybridized carbons (Fsp3) is 0. The smallest absolute Gasteiger partial charge is 0.152 e. The summed E-state index contributed by atoms with van der Waals surface area (Å²) in [4.78, 5) is 10.9. The third-order valence-corrected chi connectivity index (χ3v) is 2.76. The molecule has 0 fully saturated rings. The average molecular weight is 294 g/mol. The summed E-state index contributed by atoms with van der Waals surface area (Å²) in [5.41, 5.74) is 1.97. The van der Waals surface area contributed by atoms with Crippen LogP contribution in [0.1, 0.15) is 10.4 Å². The minimum atomic E-state index is -0.290. The molecule has 0 bridgehead atoms. The summed E-state index contributed by atoms with van der Waals surface area (Å²) in [5.74, 6) is -0.290. The lowest BCUT2D eigenvalue weighted by Gasteiger charge is -2.09. The van der Waals surface area contributed by atoms with Crippen LogP contribution in [-0.4, -0.2) is 6.29 Å². The number of aldehydes is 1. The number of nitrogens with one attached hydrogen (secondary N) is 1. The molecule has 0 amide bonds. The normalized spacial score (nSPS) is 10.0. The molecule has 1 N–H and O–H groups in total. The molecule has 0 aromatic heterocycles. The molecule has 2 aromatic rings. The first-order valence-corrected chi connectivity index (χ1v) is 5.75. The Morgan fingerprint density at radius 3 is 2.47 bits per heavy atom. The SMILES string of the molecule is O=Cc1cc(Br)ccc1Nc1ccc(F)cc1. The molecule has 17 heavy (non-hydrogen) atoms. The molecule has 0 saturated heterocycles. The van der Waals surface area contributed by atoms with Crippen LogP contribution in [0.5, 0.6) is 0 Å². The Bertz CT molecular complexity index is 540. The summed E-state index contributed by atoms with van der Waals surface area (Å²) in [6.45, 7) is 0. The van der Waals surface area contributed by atoms with Crippen LogP contribution in [0.25, 0.3) is 0 Å². The average Bonchev–Trinajstić information content (AvgIpc) is 2.34. The van der Waals surface area contributed by atoms with Crippen molar-refractivity contribution in [2.24, 2.45) is 0 Å². The van der Waals surface area contributed by atoms with Crippen molar-refractivity contribution < 1.29 is 9.18 Å². The molecule has 86 valence electrons. The van der Waals surface area contributed by atoms with Crippen molar-refractivity contribution in [3.8, 4) is 0 Å². The van der Waals surface area contributed by atoms with Crippen LogP contribution in [0.4, 0.5) is 15.8 Å². The topological polar surface area (TPSA) is 29.1 Å². The zero-order valence-corrected chi connectivity index (χ0v) is 10.4. The number of hydrogen-bond acceptors (Lipinski definition) is 2. The number of carbonyl (C=O) groups excluding carboxylic acids is 1. The highest BCUT2D eigenvalue weighted by Crippen LogP contribution is 2.23. The number of rotatable bonds is 3. The minimum absolute atomic E-state index is 0.290. The first-order chi connectivity index (χ1) is 8.19. The largest absolute Gasteiger partial charge is 0.355 e. The van der Waals surface area contributed by atoms with Gasteiger partial charge in [-0.05, 0) is 42.5 Å². The van der Waals surface area contributed by atoms with Gasteiger partial charge in [-0.2, -0.15) is 0 Å². The molecule has 0 spiro atoms. The van der Waals surface area contributed by atoms with E-state index in [1.165, 1.54) is 12.1 Å². The first kappa shape index (κ1) is 11.8. The van der Waals surface area contributed by atoms with E-state index in [2.05, 4.69) is 21.2 Å². The van der Waals surface area contributed by atoms with E-state index in [1.54, 1.807) is 24.3 Å². The number of carbonyl (C=O) groups is 1. The second-order valence-corrected chi connectivity index (χ2v) is 4.40. The van der Waals surface area contributed by atoms with Gasteiger partial charge in [0, 0.05) is 21.4 Å². The highest BCUT2D eigenvalue weighted by molar-refractivity contribution is 9.10. The van der Waals surface area contributed by atoms with E-state index < -0.39 is 0 Å². The molecule has 0 unspecified atom stereocenters. The van der Waals surface area contributed by atoms with Crippen LogP contribution >= 0.6 is 15.9 Å². The van der Waals surface area contributed by atoms with Crippen molar-refractivity contribution in [3.05, 3.63) is 58.3 Å². The Hall–Kier alpha value is -1.68. The van der Waals surface area contributed by atoms with E-state index in [1.807, 2.05) is 6.07 Å². The molecule has 0 heterocycles. The molecule has 0 saturated carbocycles. The second kappa shape index (κ2) is 5.10. The van der Waals surface area contributed by atoms with Crippen LogP contribution in [0.15, 0.2) is 46.9 Å². The first-order valence-electron chi connectivity index (χ1n) is 4.96. The summed E-state index contributed by atoms with van der Waals surface area (Å²) in [6.07, 6.45) is 0.774. The highest BCUT2D eigenvalue weighted by Gasteiger charge is 2.02. The van der Waals surface area contributed by atoms with Crippen LogP contribution in [0, 0.1) is 5.82 Å². The molecule has 4 heteroatoms. The Balaban J connectivity index is 2.29. The van der Waals surface area contributed by atoms with Crippen molar-refractivity contribution in [2.45, 2.75) is 0 Å². The monoisotopic (exact) mass is 293 g/mol. The highest BCUT2D eigenvalue weighted by atomic mass is 79.9. The number of hydrogen-bond donors (Lipinski definition) is 1. The minimum Gasteiger partial charge on any atom is -0.355 e. The van der Waals surface area contributed by atoms with Crippen molar-refractivity contribution in [3.63, 3.8) is 0 Å². The zero-order valence-electron chi connectivity index (χ0n) is 8.78. The molecule has 2 aromatic carbocycles. The lowest BCUT2D eigenvalue weighted by Crippen LogP contribution is -1.95. The number of halogens is 2. The Kier molecular flexibility index (Phi) is 3.54. The summed E-state index contributed by atoms with van der Waals surface area (Å²) in [5, 5.41) is 3.06. The maximum atomic E-state index is 12.7. The maximum Gasteiger partial charge on any atom is 0.152 e. The Morgan fingerprint density at radius 2 is 1.82 bits per heavy atom. The van der Waals surface area contributed by atoms with Crippen LogP contribution < -0.4 is 5.32 Å². The maximum absolute atomic E-state index is 12.7.